The first kappa shape index (κ1) is 21.4. The van der Waals surface area contributed by atoms with Crippen molar-refractivity contribution in [1.82, 2.24) is 5.32 Å². The number of alkyl carbamates (subject to hydrolysis) is 1. The Bertz CT molecular complexity index is 659. The van der Waals surface area contributed by atoms with Gasteiger partial charge in [-0.3, -0.25) is 4.79 Å². The van der Waals surface area contributed by atoms with Crippen molar-refractivity contribution in [2.24, 2.45) is 0 Å². The fraction of sp³-hybridized carbons (Fsp3) is 0.450. The van der Waals surface area contributed by atoms with Gasteiger partial charge >= 0.3 is 12.1 Å². The average molecular weight is 361 g/mol. The minimum atomic E-state index is -0.850. The molecule has 0 bridgehead atoms. The monoisotopic (exact) mass is 361 g/mol. The summed E-state index contributed by atoms with van der Waals surface area (Å²) in [6, 6.07) is 8.44. The van der Waals surface area contributed by atoms with Crippen molar-refractivity contribution in [1.29, 1.82) is 0 Å². The summed E-state index contributed by atoms with van der Waals surface area (Å²) in [4.78, 5) is 36.4. The largest absolute Gasteiger partial charge is 0.463 e. The molecule has 0 aliphatic carbocycles. The van der Waals surface area contributed by atoms with Crippen molar-refractivity contribution in [3.05, 3.63) is 47.5 Å². The van der Waals surface area contributed by atoms with Crippen molar-refractivity contribution >= 4 is 17.8 Å². The number of ketones is 1. The van der Waals surface area contributed by atoms with Gasteiger partial charge in [0.05, 0.1) is 12.6 Å². The number of carbonyl (C=O) groups excluding carboxylic acids is 3. The van der Waals surface area contributed by atoms with E-state index in [1.165, 1.54) is 13.0 Å². The molecule has 0 radical (unpaired) electrons. The quantitative estimate of drug-likeness (QED) is 0.596. The van der Waals surface area contributed by atoms with Gasteiger partial charge in [0.1, 0.15) is 5.60 Å². The molecule has 6 heteroatoms. The number of carbonyl (C=O) groups is 3. The highest BCUT2D eigenvalue weighted by Crippen LogP contribution is 2.10. The van der Waals surface area contributed by atoms with Gasteiger partial charge < -0.3 is 14.8 Å². The van der Waals surface area contributed by atoms with E-state index < -0.39 is 29.5 Å². The average Bonchev–Trinajstić information content (AvgIpc) is 2.53. The molecular formula is C20H27NO5. The Morgan fingerprint density at radius 2 is 1.77 bits per heavy atom. The third kappa shape index (κ3) is 7.96. The maximum atomic E-state index is 12.6. The zero-order valence-electron chi connectivity index (χ0n) is 16.0. The van der Waals surface area contributed by atoms with Gasteiger partial charge in [-0.05, 0) is 46.3 Å². The predicted octanol–water partition coefficient (Wildman–Crippen LogP) is 3.20. The molecule has 0 saturated heterocycles. The second-order valence-corrected chi connectivity index (χ2v) is 6.84. The molecular weight excluding hydrogens is 334 g/mol. The lowest BCUT2D eigenvalue weighted by atomic mass is 10.0. The lowest BCUT2D eigenvalue weighted by molar-refractivity contribution is -0.138. The first-order valence-electron chi connectivity index (χ1n) is 8.55. The molecule has 1 rings (SSSR count). The van der Waals surface area contributed by atoms with E-state index >= 15 is 0 Å². The number of benzene rings is 1. The van der Waals surface area contributed by atoms with Crippen LogP contribution in [0.2, 0.25) is 0 Å². The smallest absolute Gasteiger partial charge is 0.408 e. The number of ether oxygens (including phenoxy) is 2. The molecule has 0 aliphatic rings. The minimum absolute atomic E-state index is 0.181. The molecule has 1 aromatic carbocycles. The Morgan fingerprint density at radius 3 is 2.31 bits per heavy atom. The Morgan fingerprint density at radius 1 is 1.15 bits per heavy atom. The van der Waals surface area contributed by atoms with Crippen LogP contribution in [0.3, 0.4) is 0 Å². The molecule has 1 N–H and O–H groups in total. The van der Waals surface area contributed by atoms with E-state index in [-0.39, 0.29) is 18.6 Å². The SMILES string of the molecule is CCOC(=O)/C(C)=C\C(=O)[C@H](Cc1ccccc1)NC(=O)OC(C)(C)C. The molecule has 26 heavy (non-hydrogen) atoms. The first-order valence-corrected chi connectivity index (χ1v) is 8.55. The number of amides is 1. The summed E-state index contributed by atoms with van der Waals surface area (Å²) >= 11 is 0. The summed E-state index contributed by atoms with van der Waals surface area (Å²) in [5, 5.41) is 2.59. The molecule has 1 amide bonds. The third-order valence-electron chi connectivity index (χ3n) is 3.27. The van der Waals surface area contributed by atoms with Gasteiger partial charge in [-0.1, -0.05) is 30.3 Å². The minimum Gasteiger partial charge on any atom is -0.463 e. The zero-order chi connectivity index (χ0) is 19.7. The van der Waals surface area contributed by atoms with Crippen LogP contribution in [-0.4, -0.2) is 36.1 Å². The number of hydrogen-bond acceptors (Lipinski definition) is 5. The fourth-order valence-corrected chi connectivity index (χ4v) is 2.14. The van der Waals surface area contributed by atoms with Crippen LogP contribution in [-0.2, 0) is 25.5 Å². The zero-order valence-corrected chi connectivity index (χ0v) is 16.0. The molecule has 6 nitrogen and oxygen atoms in total. The summed E-state index contributed by atoms with van der Waals surface area (Å²) < 4.78 is 10.1. The highest BCUT2D eigenvalue weighted by atomic mass is 16.6. The van der Waals surface area contributed by atoms with Crippen LogP contribution in [0.5, 0.6) is 0 Å². The number of rotatable bonds is 7. The number of nitrogens with one attached hydrogen (secondary N) is 1. The maximum absolute atomic E-state index is 12.6. The molecule has 0 aliphatic heterocycles. The van der Waals surface area contributed by atoms with E-state index in [4.69, 9.17) is 9.47 Å². The van der Waals surface area contributed by atoms with Crippen molar-refractivity contribution in [3.8, 4) is 0 Å². The summed E-state index contributed by atoms with van der Waals surface area (Å²) in [5.74, 6) is -0.957. The molecule has 0 saturated carbocycles. The predicted molar refractivity (Wildman–Crippen MR) is 98.7 cm³/mol. The van der Waals surface area contributed by atoms with E-state index in [9.17, 15) is 14.4 Å². The molecule has 0 unspecified atom stereocenters. The first-order chi connectivity index (χ1) is 12.1. The van der Waals surface area contributed by atoms with Crippen molar-refractivity contribution in [2.75, 3.05) is 6.61 Å². The second kappa shape index (κ2) is 9.75. The maximum Gasteiger partial charge on any atom is 0.408 e. The second-order valence-electron chi connectivity index (χ2n) is 6.84. The summed E-state index contributed by atoms with van der Waals surface area (Å²) in [6.07, 6.45) is 0.795. The van der Waals surface area contributed by atoms with Crippen LogP contribution in [0.15, 0.2) is 42.0 Å². The van der Waals surface area contributed by atoms with Crippen LogP contribution < -0.4 is 5.32 Å². The molecule has 0 fully saturated rings. The topological polar surface area (TPSA) is 81.7 Å². The summed E-state index contributed by atoms with van der Waals surface area (Å²) in [7, 11) is 0. The normalized spacial score (nSPS) is 12.9. The number of hydrogen-bond donors (Lipinski definition) is 1. The van der Waals surface area contributed by atoms with Crippen molar-refractivity contribution in [2.45, 2.75) is 52.7 Å². The standard InChI is InChI=1S/C20H27NO5/c1-6-25-18(23)14(2)12-17(22)16(13-15-10-8-7-9-11-15)21-19(24)26-20(3,4)5/h7-12,16H,6,13H2,1-5H3,(H,21,24)/b14-12-/t16-/m0/s1. The van der Waals surface area contributed by atoms with Crippen LogP contribution in [0.25, 0.3) is 0 Å². The Hall–Kier alpha value is -2.63. The highest BCUT2D eigenvalue weighted by Gasteiger charge is 2.24. The van der Waals surface area contributed by atoms with E-state index in [2.05, 4.69) is 5.32 Å². The van der Waals surface area contributed by atoms with Gasteiger partial charge in [0.15, 0.2) is 5.78 Å². The lowest BCUT2D eigenvalue weighted by Gasteiger charge is -2.22. The van der Waals surface area contributed by atoms with E-state index in [1.807, 2.05) is 30.3 Å². The van der Waals surface area contributed by atoms with Gasteiger partial charge in [-0.25, -0.2) is 9.59 Å². The third-order valence-corrected chi connectivity index (χ3v) is 3.27. The van der Waals surface area contributed by atoms with Crippen LogP contribution in [0.1, 0.15) is 40.2 Å². The Labute approximate surface area is 154 Å². The summed E-state index contributed by atoms with van der Waals surface area (Å²) in [5.41, 5.74) is 0.381. The van der Waals surface area contributed by atoms with Gasteiger partial charge in [-0.2, -0.15) is 0 Å². The van der Waals surface area contributed by atoms with Crippen LogP contribution >= 0.6 is 0 Å². The molecule has 0 aromatic heterocycles. The highest BCUT2D eigenvalue weighted by molar-refractivity contribution is 6.02. The summed E-state index contributed by atoms with van der Waals surface area (Å²) in [6.45, 7) is 8.64. The lowest BCUT2D eigenvalue weighted by Crippen LogP contribution is -2.44. The Kier molecular flexibility index (Phi) is 8.03. The van der Waals surface area contributed by atoms with E-state index in [1.54, 1.807) is 27.7 Å². The molecule has 0 spiro atoms. The van der Waals surface area contributed by atoms with Crippen molar-refractivity contribution < 1.29 is 23.9 Å². The van der Waals surface area contributed by atoms with Gasteiger partial charge in [0.25, 0.3) is 0 Å². The van der Waals surface area contributed by atoms with Gasteiger partial charge in [0.2, 0.25) is 0 Å². The van der Waals surface area contributed by atoms with Crippen molar-refractivity contribution in [3.63, 3.8) is 0 Å². The molecule has 1 atom stereocenters. The molecule has 142 valence electrons. The van der Waals surface area contributed by atoms with Gasteiger partial charge in [-0.15, -0.1) is 0 Å². The van der Waals surface area contributed by atoms with E-state index in [0.29, 0.717) is 0 Å². The van der Waals surface area contributed by atoms with Crippen LogP contribution in [0, 0.1) is 0 Å². The Balaban J connectivity index is 2.95. The van der Waals surface area contributed by atoms with E-state index in [0.717, 1.165) is 5.56 Å². The van der Waals surface area contributed by atoms with Crippen LogP contribution in [0.4, 0.5) is 4.79 Å². The molecule has 1 aromatic rings. The van der Waals surface area contributed by atoms with Gasteiger partial charge in [0, 0.05) is 12.0 Å². The molecule has 0 heterocycles. The fourth-order valence-electron chi connectivity index (χ4n) is 2.14. The number of esters is 1.